The normalized spacial score (nSPS) is 13.5. The van der Waals surface area contributed by atoms with Crippen molar-refractivity contribution in [1.82, 2.24) is 0 Å². The zero-order valence-corrected chi connectivity index (χ0v) is 12.6. The van der Waals surface area contributed by atoms with Gasteiger partial charge in [0.1, 0.15) is 12.4 Å². The van der Waals surface area contributed by atoms with Crippen LogP contribution < -0.4 is 10.5 Å². The predicted octanol–water partition coefficient (Wildman–Crippen LogP) is 1.78. The maximum Gasteiger partial charge on any atom is 0.155 e. The van der Waals surface area contributed by atoms with Crippen LogP contribution >= 0.6 is 0 Å². The van der Waals surface area contributed by atoms with Crippen LogP contribution in [0, 0.1) is 0 Å². The fourth-order valence-corrected chi connectivity index (χ4v) is 2.45. The fourth-order valence-electron chi connectivity index (χ4n) is 1.66. The van der Waals surface area contributed by atoms with Gasteiger partial charge in [0.2, 0.25) is 0 Å². The Balaban J connectivity index is 2.63. The minimum absolute atomic E-state index is 0.0389. The summed E-state index contributed by atoms with van der Waals surface area (Å²) < 4.78 is 29.0. The van der Waals surface area contributed by atoms with E-state index in [0.29, 0.717) is 6.42 Å². The SMILES string of the molecule is CC(N)Cc1ccccc1OCCS(=O)(=O)C(C)C. The molecule has 0 radical (unpaired) electrons. The largest absolute Gasteiger partial charge is 0.492 e. The molecule has 5 heteroatoms. The van der Waals surface area contributed by atoms with E-state index in [-0.39, 0.29) is 23.7 Å². The Bertz CT molecular complexity index is 495. The number of benzene rings is 1. The van der Waals surface area contributed by atoms with Gasteiger partial charge in [-0.05, 0) is 38.8 Å². The van der Waals surface area contributed by atoms with Crippen molar-refractivity contribution in [2.75, 3.05) is 12.4 Å². The van der Waals surface area contributed by atoms with Crippen LogP contribution in [0.5, 0.6) is 5.75 Å². The summed E-state index contributed by atoms with van der Waals surface area (Å²) in [6, 6.07) is 7.64. The molecule has 0 bridgehead atoms. The first kappa shape index (κ1) is 16.0. The summed E-state index contributed by atoms with van der Waals surface area (Å²) in [5, 5.41) is -0.365. The van der Waals surface area contributed by atoms with Crippen molar-refractivity contribution < 1.29 is 13.2 Å². The van der Waals surface area contributed by atoms with Gasteiger partial charge in [0.15, 0.2) is 9.84 Å². The van der Waals surface area contributed by atoms with Gasteiger partial charge in [0.05, 0.1) is 11.0 Å². The van der Waals surface area contributed by atoms with Crippen LogP contribution in [-0.4, -0.2) is 32.1 Å². The molecule has 0 saturated carbocycles. The van der Waals surface area contributed by atoms with Crippen molar-refractivity contribution in [2.24, 2.45) is 5.73 Å². The Hall–Kier alpha value is -1.07. The molecule has 0 amide bonds. The van der Waals surface area contributed by atoms with Gasteiger partial charge in [-0.15, -0.1) is 0 Å². The fraction of sp³-hybridized carbons (Fsp3) is 0.571. The lowest BCUT2D eigenvalue weighted by Gasteiger charge is -2.13. The van der Waals surface area contributed by atoms with Gasteiger partial charge in [-0.2, -0.15) is 0 Å². The van der Waals surface area contributed by atoms with Crippen molar-refractivity contribution in [2.45, 2.75) is 38.5 Å². The molecular formula is C14H23NO3S. The summed E-state index contributed by atoms with van der Waals surface area (Å²) in [5.74, 6) is 0.760. The minimum Gasteiger partial charge on any atom is -0.492 e. The molecule has 0 saturated heterocycles. The molecular weight excluding hydrogens is 262 g/mol. The number of para-hydroxylation sites is 1. The number of rotatable bonds is 7. The molecule has 1 rings (SSSR count). The Morgan fingerprint density at radius 3 is 2.42 bits per heavy atom. The van der Waals surface area contributed by atoms with Crippen molar-refractivity contribution in [3.63, 3.8) is 0 Å². The van der Waals surface area contributed by atoms with Gasteiger partial charge >= 0.3 is 0 Å². The zero-order chi connectivity index (χ0) is 14.5. The molecule has 108 valence electrons. The number of nitrogens with two attached hydrogens (primary N) is 1. The Labute approximate surface area is 115 Å². The zero-order valence-electron chi connectivity index (χ0n) is 11.8. The van der Waals surface area contributed by atoms with E-state index in [1.807, 2.05) is 31.2 Å². The highest BCUT2D eigenvalue weighted by atomic mass is 32.2. The van der Waals surface area contributed by atoms with Gasteiger partial charge < -0.3 is 10.5 Å². The van der Waals surface area contributed by atoms with E-state index in [1.165, 1.54) is 0 Å². The summed E-state index contributed by atoms with van der Waals surface area (Å²) in [7, 11) is -3.05. The third-order valence-electron chi connectivity index (χ3n) is 2.86. The molecule has 19 heavy (non-hydrogen) atoms. The van der Waals surface area contributed by atoms with E-state index in [0.717, 1.165) is 11.3 Å². The summed E-state index contributed by atoms with van der Waals surface area (Å²) in [5.41, 5.74) is 6.79. The highest BCUT2D eigenvalue weighted by Gasteiger charge is 2.16. The third kappa shape index (κ3) is 5.20. The molecule has 1 atom stereocenters. The topological polar surface area (TPSA) is 69.4 Å². The second kappa shape index (κ2) is 6.91. The van der Waals surface area contributed by atoms with Gasteiger partial charge in [-0.1, -0.05) is 18.2 Å². The smallest absolute Gasteiger partial charge is 0.155 e. The number of sulfone groups is 1. The van der Waals surface area contributed by atoms with Crippen LogP contribution in [0.25, 0.3) is 0 Å². The lowest BCUT2D eigenvalue weighted by atomic mass is 10.1. The van der Waals surface area contributed by atoms with E-state index in [1.54, 1.807) is 13.8 Å². The molecule has 0 fully saturated rings. The van der Waals surface area contributed by atoms with Crippen LogP contribution in [0.15, 0.2) is 24.3 Å². The predicted molar refractivity (Wildman–Crippen MR) is 78.2 cm³/mol. The van der Waals surface area contributed by atoms with Crippen LogP contribution in [0.1, 0.15) is 26.3 Å². The third-order valence-corrected chi connectivity index (χ3v) is 5.03. The summed E-state index contributed by atoms with van der Waals surface area (Å²) >= 11 is 0. The number of hydrogen-bond donors (Lipinski definition) is 1. The molecule has 0 aliphatic rings. The number of ether oxygens (including phenoxy) is 1. The molecule has 0 aliphatic carbocycles. The molecule has 1 aromatic carbocycles. The molecule has 1 unspecified atom stereocenters. The van der Waals surface area contributed by atoms with E-state index in [4.69, 9.17) is 10.5 Å². The lowest BCUT2D eigenvalue weighted by molar-refractivity contribution is 0.336. The first-order valence-electron chi connectivity index (χ1n) is 6.51. The summed E-state index contributed by atoms with van der Waals surface area (Å²) in [6.07, 6.45) is 0.715. The molecule has 0 aliphatic heterocycles. The first-order chi connectivity index (χ1) is 8.83. The maximum atomic E-state index is 11.7. The lowest BCUT2D eigenvalue weighted by Crippen LogP contribution is -2.22. The van der Waals surface area contributed by atoms with Crippen molar-refractivity contribution >= 4 is 9.84 Å². The second-order valence-corrected chi connectivity index (χ2v) is 7.73. The van der Waals surface area contributed by atoms with E-state index in [9.17, 15) is 8.42 Å². The number of hydrogen-bond acceptors (Lipinski definition) is 4. The van der Waals surface area contributed by atoms with Gasteiger partial charge in [-0.25, -0.2) is 8.42 Å². The average molecular weight is 285 g/mol. The van der Waals surface area contributed by atoms with E-state index < -0.39 is 9.84 Å². The van der Waals surface area contributed by atoms with Crippen LogP contribution in [-0.2, 0) is 16.3 Å². The molecule has 4 nitrogen and oxygen atoms in total. The maximum absolute atomic E-state index is 11.7. The second-order valence-electron chi connectivity index (χ2n) is 5.05. The van der Waals surface area contributed by atoms with Crippen LogP contribution in [0.2, 0.25) is 0 Å². The van der Waals surface area contributed by atoms with Gasteiger partial charge in [-0.3, -0.25) is 0 Å². The molecule has 2 N–H and O–H groups in total. The van der Waals surface area contributed by atoms with Gasteiger partial charge in [0, 0.05) is 6.04 Å². The van der Waals surface area contributed by atoms with Crippen LogP contribution in [0.3, 0.4) is 0 Å². The average Bonchev–Trinajstić information content (AvgIpc) is 2.30. The quantitative estimate of drug-likeness (QED) is 0.829. The molecule has 0 heterocycles. The Morgan fingerprint density at radius 2 is 1.84 bits per heavy atom. The van der Waals surface area contributed by atoms with Crippen LogP contribution in [0.4, 0.5) is 0 Å². The molecule has 0 aromatic heterocycles. The van der Waals surface area contributed by atoms with Gasteiger partial charge in [0.25, 0.3) is 0 Å². The van der Waals surface area contributed by atoms with E-state index >= 15 is 0 Å². The highest BCUT2D eigenvalue weighted by Crippen LogP contribution is 2.19. The monoisotopic (exact) mass is 285 g/mol. The minimum atomic E-state index is -3.05. The van der Waals surface area contributed by atoms with Crippen molar-refractivity contribution in [3.05, 3.63) is 29.8 Å². The van der Waals surface area contributed by atoms with E-state index in [2.05, 4.69) is 0 Å². The Morgan fingerprint density at radius 1 is 1.21 bits per heavy atom. The molecule has 0 spiro atoms. The Kier molecular flexibility index (Phi) is 5.82. The van der Waals surface area contributed by atoms with Crippen molar-refractivity contribution in [3.8, 4) is 5.75 Å². The standard InChI is InChI=1S/C14H23NO3S/c1-11(2)19(16,17)9-8-18-14-7-5-4-6-13(14)10-12(3)15/h4-7,11-12H,8-10,15H2,1-3H3. The summed E-state index contributed by atoms with van der Waals surface area (Å²) in [4.78, 5) is 0. The first-order valence-corrected chi connectivity index (χ1v) is 8.22. The summed E-state index contributed by atoms with van der Waals surface area (Å²) in [6.45, 7) is 5.47. The highest BCUT2D eigenvalue weighted by molar-refractivity contribution is 7.91. The van der Waals surface area contributed by atoms with Crippen molar-refractivity contribution in [1.29, 1.82) is 0 Å². The molecule has 1 aromatic rings.